The first-order chi connectivity index (χ1) is 12.4. The number of amides is 1. The quantitative estimate of drug-likeness (QED) is 0.368. The molecule has 1 N–H and O–H groups in total. The molecule has 1 saturated heterocycles. The summed E-state index contributed by atoms with van der Waals surface area (Å²) < 4.78 is 7.16. The van der Waals surface area contributed by atoms with Crippen LogP contribution in [0.15, 0.2) is 45.7 Å². The number of rotatable bonds is 5. The number of thioether (sulfide) groups is 1. The highest BCUT2D eigenvalue weighted by atomic mass is 127. The maximum Gasteiger partial charge on any atom is 0.326 e. The highest BCUT2D eigenvalue weighted by Crippen LogP contribution is 2.35. The predicted molar refractivity (Wildman–Crippen MR) is 114 cm³/mol. The molecule has 134 valence electrons. The van der Waals surface area contributed by atoms with Gasteiger partial charge in [-0.1, -0.05) is 43.0 Å². The Balaban J connectivity index is 1.86. The zero-order valence-electron chi connectivity index (χ0n) is 13.6. The molecule has 0 saturated carbocycles. The Morgan fingerprint density at radius 2 is 2.19 bits per heavy atom. The Hall–Kier alpha value is -1.65. The molecule has 8 heteroatoms. The number of carboxylic acid groups (broad SMARTS) is 1. The number of benzene rings is 1. The first kappa shape index (κ1) is 19.1. The van der Waals surface area contributed by atoms with Gasteiger partial charge in [0.1, 0.15) is 21.9 Å². The smallest absolute Gasteiger partial charge is 0.326 e. The van der Waals surface area contributed by atoms with Crippen LogP contribution < -0.4 is 0 Å². The predicted octanol–water partition coefficient (Wildman–Crippen LogP) is 4.62. The first-order valence-corrected chi connectivity index (χ1v) is 10.1. The fourth-order valence-corrected chi connectivity index (χ4v) is 4.45. The van der Waals surface area contributed by atoms with Crippen LogP contribution in [0.4, 0.5) is 0 Å². The molecule has 1 fully saturated rings. The monoisotopic (exact) mass is 499 g/mol. The topological polar surface area (TPSA) is 70.8 Å². The van der Waals surface area contributed by atoms with Crippen molar-refractivity contribution in [2.45, 2.75) is 19.4 Å². The van der Waals surface area contributed by atoms with E-state index in [4.69, 9.17) is 16.6 Å². The van der Waals surface area contributed by atoms with Gasteiger partial charge in [-0.15, -0.1) is 0 Å². The van der Waals surface area contributed by atoms with E-state index in [0.29, 0.717) is 16.4 Å². The summed E-state index contributed by atoms with van der Waals surface area (Å²) >= 11 is 8.52. The fraction of sp³-hybridized carbons (Fsp3) is 0.167. The highest BCUT2D eigenvalue weighted by Gasteiger charge is 2.39. The Morgan fingerprint density at radius 1 is 1.42 bits per heavy atom. The Kier molecular flexibility index (Phi) is 5.83. The summed E-state index contributed by atoms with van der Waals surface area (Å²) in [6, 6.07) is 10.5. The van der Waals surface area contributed by atoms with Crippen molar-refractivity contribution >= 4 is 68.8 Å². The van der Waals surface area contributed by atoms with Gasteiger partial charge in [-0.25, -0.2) is 4.79 Å². The summed E-state index contributed by atoms with van der Waals surface area (Å²) in [7, 11) is 0. The van der Waals surface area contributed by atoms with Crippen molar-refractivity contribution in [3.05, 3.63) is 50.6 Å². The van der Waals surface area contributed by atoms with Crippen molar-refractivity contribution in [2.75, 3.05) is 0 Å². The number of carbonyl (C=O) groups is 2. The van der Waals surface area contributed by atoms with Crippen LogP contribution >= 0.6 is 46.6 Å². The standard InChI is InChI=1S/C18H14INO4S2/c1-2-13(17(22)23)20-16(21)15(26-18(20)25)9-12-6-7-14(24-12)10-4-3-5-11(19)8-10/h3-9,13H,2H2,1H3,(H,22,23). The molecule has 2 heterocycles. The van der Waals surface area contributed by atoms with Gasteiger partial charge < -0.3 is 9.52 Å². The minimum absolute atomic E-state index is 0.250. The first-order valence-electron chi connectivity index (χ1n) is 7.76. The molecule has 1 unspecified atom stereocenters. The molecule has 3 rings (SSSR count). The van der Waals surface area contributed by atoms with Gasteiger partial charge in [-0.05, 0) is 53.3 Å². The van der Waals surface area contributed by atoms with Crippen LogP contribution in [0.1, 0.15) is 19.1 Å². The molecule has 0 bridgehead atoms. The molecular weight excluding hydrogens is 485 g/mol. The van der Waals surface area contributed by atoms with Gasteiger partial charge in [0.05, 0.1) is 4.91 Å². The van der Waals surface area contributed by atoms with Crippen LogP contribution in [0.25, 0.3) is 17.4 Å². The molecule has 26 heavy (non-hydrogen) atoms. The average molecular weight is 499 g/mol. The van der Waals surface area contributed by atoms with Gasteiger partial charge in [0.15, 0.2) is 0 Å². The molecule has 1 aliphatic heterocycles. The van der Waals surface area contributed by atoms with Crippen LogP contribution in [0.3, 0.4) is 0 Å². The summed E-state index contributed by atoms with van der Waals surface area (Å²) in [5.41, 5.74) is 0.945. The minimum Gasteiger partial charge on any atom is -0.480 e. The molecule has 0 radical (unpaired) electrons. The lowest BCUT2D eigenvalue weighted by Crippen LogP contribution is -2.43. The maximum atomic E-state index is 12.6. The SMILES string of the molecule is CCC(C(=O)O)N1C(=O)C(=Cc2ccc(-c3cccc(I)c3)o2)SC1=S. The molecule has 1 aromatic carbocycles. The van der Waals surface area contributed by atoms with Crippen LogP contribution in [0.5, 0.6) is 0 Å². The highest BCUT2D eigenvalue weighted by molar-refractivity contribution is 14.1. The van der Waals surface area contributed by atoms with E-state index in [9.17, 15) is 14.7 Å². The second-order valence-corrected chi connectivity index (χ2v) is 8.45. The number of carboxylic acids is 1. The fourth-order valence-electron chi connectivity index (χ4n) is 2.57. The average Bonchev–Trinajstić information content (AvgIpc) is 3.16. The van der Waals surface area contributed by atoms with E-state index in [1.807, 2.05) is 30.3 Å². The van der Waals surface area contributed by atoms with Gasteiger partial charge >= 0.3 is 5.97 Å². The third-order valence-corrected chi connectivity index (χ3v) is 5.82. The molecular formula is C18H14INO4S2. The number of aliphatic carboxylic acids is 1. The van der Waals surface area contributed by atoms with Gasteiger partial charge in [0.25, 0.3) is 5.91 Å². The number of hydrogen-bond donors (Lipinski definition) is 1. The van der Waals surface area contributed by atoms with Gasteiger partial charge in [-0.2, -0.15) is 0 Å². The third-order valence-electron chi connectivity index (χ3n) is 3.82. The lowest BCUT2D eigenvalue weighted by atomic mass is 10.2. The molecule has 0 spiro atoms. The summed E-state index contributed by atoms with van der Waals surface area (Å²) in [4.78, 5) is 25.5. The largest absolute Gasteiger partial charge is 0.480 e. The van der Waals surface area contributed by atoms with Crippen molar-refractivity contribution in [1.29, 1.82) is 0 Å². The van der Waals surface area contributed by atoms with Crippen LogP contribution in [0, 0.1) is 3.57 Å². The summed E-state index contributed by atoms with van der Waals surface area (Å²) in [6.45, 7) is 1.71. The van der Waals surface area contributed by atoms with Crippen LogP contribution in [0.2, 0.25) is 0 Å². The van der Waals surface area contributed by atoms with Crippen molar-refractivity contribution in [2.24, 2.45) is 0 Å². The lowest BCUT2D eigenvalue weighted by molar-refractivity contribution is -0.145. The number of halogens is 1. The van der Waals surface area contributed by atoms with E-state index >= 15 is 0 Å². The van der Waals surface area contributed by atoms with Crippen molar-refractivity contribution in [3.8, 4) is 11.3 Å². The van der Waals surface area contributed by atoms with E-state index in [1.165, 1.54) is 0 Å². The number of hydrogen-bond acceptors (Lipinski definition) is 5. The van der Waals surface area contributed by atoms with Crippen molar-refractivity contribution < 1.29 is 19.1 Å². The van der Waals surface area contributed by atoms with E-state index in [0.717, 1.165) is 25.8 Å². The van der Waals surface area contributed by atoms with Crippen molar-refractivity contribution in [3.63, 3.8) is 0 Å². The molecule has 1 aromatic heterocycles. The van der Waals surface area contributed by atoms with Gasteiger partial charge in [0, 0.05) is 15.2 Å². The Bertz CT molecular complexity index is 921. The van der Waals surface area contributed by atoms with Crippen LogP contribution in [-0.2, 0) is 9.59 Å². The summed E-state index contributed by atoms with van der Waals surface area (Å²) in [5.74, 6) is -0.254. The van der Waals surface area contributed by atoms with E-state index in [-0.39, 0.29) is 10.7 Å². The molecule has 1 amide bonds. The number of furan rings is 1. The zero-order chi connectivity index (χ0) is 18.8. The Labute approximate surface area is 173 Å². The molecule has 5 nitrogen and oxygen atoms in total. The number of carbonyl (C=O) groups excluding carboxylic acids is 1. The van der Waals surface area contributed by atoms with Gasteiger partial charge in [0.2, 0.25) is 0 Å². The number of thiocarbonyl (C=S) groups is 1. The molecule has 0 aliphatic carbocycles. The summed E-state index contributed by atoms with van der Waals surface area (Å²) in [5, 5.41) is 9.30. The minimum atomic E-state index is -1.07. The van der Waals surface area contributed by atoms with E-state index < -0.39 is 17.9 Å². The molecule has 1 aliphatic rings. The maximum absolute atomic E-state index is 12.6. The number of nitrogens with zero attached hydrogens (tertiary/aromatic N) is 1. The molecule has 2 aromatic rings. The Morgan fingerprint density at radius 3 is 2.85 bits per heavy atom. The second kappa shape index (κ2) is 7.93. The van der Waals surface area contributed by atoms with Gasteiger partial charge in [-0.3, -0.25) is 9.69 Å². The normalized spacial score (nSPS) is 17.2. The lowest BCUT2D eigenvalue weighted by Gasteiger charge is -2.21. The van der Waals surface area contributed by atoms with Crippen molar-refractivity contribution in [1.82, 2.24) is 4.90 Å². The summed E-state index contributed by atoms with van der Waals surface area (Å²) in [6.07, 6.45) is 1.89. The van der Waals surface area contributed by atoms with Crippen LogP contribution in [-0.4, -0.2) is 32.2 Å². The van der Waals surface area contributed by atoms with E-state index in [2.05, 4.69) is 22.6 Å². The molecule has 1 atom stereocenters. The third kappa shape index (κ3) is 3.86. The van der Waals surface area contributed by atoms with E-state index in [1.54, 1.807) is 19.1 Å². The zero-order valence-corrected chi connectivity index (χ0v) is 17.4. The second-order valence-electron chi connectivity index (χ2n) is 5.53.